The third-order valence-electron chi connectivity index (χ3n) is 4.08. The Labute approximate surface area is 147 Å². The second-order valence-electron chi connectivity index (χ2n) is 5.75. The summed E-state index contributed by atoms with van der Waals surface area (Å²) in [5.41, 5.74) is 2.78. The van der Waals surface area contributed by atoms with Crippen molar-refractivity contribution in [3.8, 4) is 11.5 Å². The van der Waals surface area contributed by atoms with E-state index in [0.717, 1.165) is 11.1 Å². The summed E-state index contributed by atoms with van der Waals surface area (Å²) >= 11 is 0. The van der Waals surface area contributed by atoms with Crippen molar-refractivity contribution >= 4 is 11.8 Å². The molecule has 0 aliphatic carbocycles. The first-order valence-electron chi connectivity index (χ1n) is 7.92. The van der Waals surface area contributed by atoms with E-state index in [2.05, 4.69) is 0 Å². The van der Waals surface area contributed by atoms with E-state index in [1.165, 1.54) is 14.2 Å². The molecule has 5 heteroatoms. The van der Waals surface area contributed by atoms with Crippen molar-refractivity contribution in [1.29, 1.82) is 0 Å². The van der Waals surface area contributed by atoms with Gasteiger partial charge in [-0.2, -0.15) is 0 Å². The maximum Gasteiger partial charge on any atom is 0.346 e. The summed E-state index contributed by atoms with van der Waals surface area (Å²) < 4.78 is 15.8. The highest BCUT2D eigenvalue weighted by molar-refractivity contribution is 6.02. The van der Waals surface area contributed by atoms with Gasteiger partial charge in [-0.15, -0.1) is 0 Å². The SMILES string of the molecule is COc1cccc(OC)c1C(=O)O[C@@H](C)C(=O)c1ccc(C)c(C)c1. The van der Waals surface area contributed by atoms with E-state index in [1.807, 2.05) is 19.9 Å². The second-order valence-corrected chi connectivity index (χ2v) is 5.75. The molecule has 0 bridgehead atoms. The molecule has 0 spiro atoms. The zero-order valence-electron chi connectivity index (χ0n) is 15.1. The topological polar surface area (TPSA) is 61.8 Å². The van der Waals surface area contributed by atoms with Crippen LogP contribution >= 0.6 is 0 Å². The average Bonchev–Trinajstić information content (AvgIpc) is 2.62. The number of carbonyl (C=O) groups is 2. The quantitative estimate of drug-likeness (QED) is 0.591. The minimum Gasteiger partial charge on any atom is -0.496 e. The lowest BCUT2D eigenvalue weighted by molar-refractivity contribution is 0.0312. The number of methoxy groups -OCH3 is 2. The van der Waals surface area contributed by atoms with E-state index < -0.39 is 12.1 Å². The summed E-state index contributed by atoms with van der Waals surface area (Å²) in [6.07, 6.45) is -0.927. The Morgan fingerprint density at radius 3 is 2.04 bits per heavy atom. The highest BCUT2D eigenvalue weighted by Crippen LogP contribution is 2.29. The number of ketones is 1. The lowest BCUT2D eigenvalue weighted by atomic mass is 10.0. The van der Waals surface area contributed by atoms with Crippen LogP contribution in [0.5, 0.6) is 11.5 Å². The molecule has 0 radical (unpaired) electrons. The number of esters is 1. The van der Waals surface area contributed by atoms with Crippen molar-refractivity contribution in [3.63, 3.8) is 0 Å². The van der Waals surface area contributed by atoms with Crippen molar-refractivity contribution in [2.75, 3.05) is 14.2 Å². The number of carbonyl (C=O) groups excluding carboxylic acids is 2. The standard InChI is InChI=1S/C20H22O5/c1-12-9-10-15(11-13(12)2)19(21)14(3)25-20(22)18-16(23-4)7-6-8-17(18)24-5/h6-11,14H,1-5H3/t14-/m0/s1. The summed E-state index contributed by atoms with van der Waals surface area (Å²) in [6, 6.07) is 10.4. The Morgan fingerprint density at radius 1 is 0.920 bits per heavy atom. The van der Waals surface area contributed by atoms with Crippen LogP contribution in [0.15, 0.2) is 36.4 Å². The number of benzene rings is 2. The van der Waals surface area contributed by atoms with E-state index >= 15 is 0 Å². The minimum absolute atomic E-state index is 0.159. The van der Waals surface area contributed by atoms with Crippen LogP contribution in [0.25, 0.3) is 0 Å². The minimum atomic E-state index is -0.927. The van der Waals surface area contributed by atoms with Gasteiger partial charge < -0.3 is 14.2 Å². The van der Waals surface area contributed by atoms with Crippen LogP contribution in [0.1, 0.15) is 38.8 Å². The molecule has 1 atom stereocenters. The Kier molecular flexibility index (Phi) is 5.80. The van der Waals surface area contributed by atoms with Crippen LogP contribution in [0.4, 0.5) is 0 Å². The van der Waals surface area contributed by atoms with Gasteiger partial charge >= 0.3 is 5.97 Å². The van der Waals surface area contributed by atoms with Crippen LogP contribution < -0.4 is 9.47 Å². The maximum atomic E-state index is 12.5. The molecule has 0 N–H and O–H groups in total. The molecule has 0 fully saturated rings. The maximum absolute atomic E-state index is 12.5. The van der Waals surface area contributed by atoms with Crippen molar-refractivity contribution in [1.82, 2.24) is 0 Å². The first-order chi connectivity index (χ1) is 11.9. The molecule has 132 valence electrons. The lowest BCUT2D eigenvalue weighted by Crippen LogP contribution is -2.25. The van der Waals surface area contributed by atoms with Crippen LogP contribution in [-0.4, -0.2) is 32.1 Å². The average molecular weight is 342 g/mol. The van der Waals surface area contributed by atoms with Gasteiger partial charge in [0.2, 0.25) is 5.78 Å². The fraction of sp³-hybridized carbons (Fsp3) is 0.300. The molecule has 2 rings (SSSR count). The zero-order valence-corrected chi connectivity index (χ0v) is 15.1. The van der Waals surface area contributed by atoms with Gasteiger partial charge in [-0.1, -0.05) is 18.2 Å². The molecular formula is C20H22O5. The van der Waals surface area contributed by atoms with Gasteiger partial charge in [-0.05, 0) is 50.1 Å². The molecule has 0 heterocycles. The molecule has 0 aliphatic rings. The largest absolute Gasteiger partial charge is 0.496 e. The zero-order chi connectivity index (χ0) is 18.6. The molecule has 0 unspecified atom stereocenters. The summed E-state index contributed by atoms with van der Waals surface area (Å²) in [5.74, 6) is -0.269. The summed E-state index contributed by atoms with van der Waals surface area (Å²) in [5, 5.41) is 0. The molecule has 0 aromatic heterocycles. The number of ether oxygens (including phenoxy) is 3. The third kappa shape index (κ3) is 3.99. The Bertz CT molecular complexity index is 772. The normalized spacial score (nSPS) is 11.6. The Hall–Kier alpha value is -2.82. The molecule has 2 aromatic rings. The Morgan fingerprint density at radius 2 is 1.52 bits per heavy atom. The summed E-state index contributed by atoms with van der Waals surface area (Å²) in [4.78, 5) is 25.1. The van der Waals surface area contributed by atoms with Gasteiger partial charge in [-0.25, -0.2) is 4.79 Å². The van der Waals surface area contributed by atoms with E-state index in [9.17, 15) is 9.59 Å². The van der Waals surface area contributed by atoms with E-state index in [-0.39, 0.29) is 11.3 Å². The van der Waals surface area contributed by atoms with Gasteiger partial charge in [0, 0.05) is 5.56 Å². The van der Waals surface area contributed by atoms with Crippen molar-refractivity contribution in [2.24, 2.45) is 0 Å². The number of aryl methyl sites for hydroxylation is 2. The first-order valence-corrected chi connectivity index (χ1v) is 7.92. The van der Waals surface area contributed by atoms with Crippen LogP contribution in [0.3, 0.4) is 0 Å². The monoisotopic (exact) mass is 342 g/mol. The van der Waals surface area contributed by atoms with Crippen LogP contribution in [-0.2, 0) is 4.74 Å². The van der Waals surface area contributed by atoms with Gasteiger partial charge in [0.1, 0.15) is 17.1 Å². The number of Topliss-reactive ketones (excluding diaryl/α,β-unsaturated/α-hetero) is 1. The van der Waals surface area contributed by atoms with Gasteiger partial charge in [0.25, 0.3) is 0 Å². The van der Waals surface area contributed by atoms with Gasteiger partial charge in [0.05, 0.1) is 14.2 Å². The van der Waals surface area contributed by atoms with Crippen LogP contribution in [0.2, 0.25) is 0 Å². The molecule has 25 heavy (non-hydrogen) atoms. The predicted molar refractivity (Wildman–Crippen MR) is 94.7 cm³/mol. The van der Waals surface area contributed by atoms with Gasteiger partial charge in [-0.3, -0.25) is 4.79 Å². The molecule has 0 saturated carbocycles. The van der Waals surface area contributed by atoms with E-state index in [0.29, 0.717) is 17.1 Å². The molecule has 0 aliphatic heterocycles. The fourth-order valence-corrected chi connectivity index (χ4v) is 2.45. The second kappa shape index (κ2) is 7.83. The molecule has 0 amide bonds. The van der Waals surface area contributed by atoms with E-state index in [1.54, 1.807) is 37.3 Å². The lowest BCUT2D eigenvalue weighted by Gasteiger charge is -2.16. The smallest absolute Gasteiger partial charge is 0.346 e. The molecule has 2 aromatic carbocycles. The summed E-state index contributed by atoms with van der Waals surface area (Å²) in [6.45, 7) is 5.46. The number of hydrogen-bond acceptors (Lipinski definition) is 5. The van der Waals surface area contributed by atoms with Crippen molar-refractivity contribution < 1.29 is 23.8 Å². The molecule has 0 saturated heterocycles. The van der Waals surface area contributed by atoms with Crippen molar-refractivity contribution in [3.05, 3.63) is 58.7 Å². The fourth-order valence-electron chi connectivity index (χ4n) is 2.45. The van der Waals surface area contributed by atoms with Crippen LogP contribution in [0, 0.1) is 13.8 Å². The number of rotatable bonds is 6. The van der Waals surface area contributed by atoms with E-state index in [4.69, 9.17) is 14.2 Å². The third-order valence-corrected chi connectivity index (χ3v) is 4.08. The van der Waals surface area contributed by atoms with Gasteiger partial charge in [0.15, 0.2) is 6.10 Å². The Balaban J connectivity index is 2.23. The van der Waals surface area contributed by atoms with Crippen molar-refractivity contribution in [2.45, 2.75) is 26.9 Å². The first kappa shape index (κ1) is 18.5. The highest BCUT2D eigenvalue weighted by atomic mass is 16.6. The molecular weight excluding hydrogens is 320 g/mol. The number of hydrogen-bond donors (Lipinski definition) is 0. The summed E-state index contributed by atoms with van der Waals surface area (Å²) in [7, 11) is 2.91. The molecule has 5 nitrogen and oxygen atoms in total. The predicted octanol–water partition coefficient (Wildman–Crippen LogP) is 3.75. The highest BCUT2D eigenvalue weighted by Gasteiger charge is 2.25.